The maximum atomic E-state index is 5.92. The van der Waals surface area contributed by atoms with Gasteiger partial charge in [0.05, 0.1) is 0 Å². The second-order valence-electron chi connectivity index (χ2n) is 6.98. The quantitative estimate of drug-likeness (QED) is 0.474. The summed E-state index contributed by atoms with van der Waals surface area (Å²) >= 11 is 0. The number of hydrogen-bond donors (Lipinski definition) is 1. The number of hydrogen-bond acceptors (Lipinski definition) is 1. The van der Waals surface area contributed by atoms with Crippen LogP contribution in [0.1, 0.15) is 31.9 Å². The van der Waals surface area contributed by atoms with Gasteiger partial charge in [0.15, 0.2) is 0 Å². The Bertz CT molecular complexity index is 921. The van der Waals surface area contributed by atoms with Crippen LogP contribution >= 0.6 is 0 Å². The standard InChI is InChI=1S/C22H21N/c1-5-15-8-10-19(22(2,3)4)14-21(15)17-7-6-16-9-11-20(23)13-18(16)12-17/h1,6-14H,23H2,2-4H3. The van der Waals surface area contributed by atoms with Crippen LogP contribution in [0.15, 0.2) is 54.6 Å². The summed E-state index contributed by atoms with van der Waals surface area (Å²) in [4.78, 5) is 0. The largest absolute Gasteiger partial charge is 0.399 e. The lowest BCUT2D eigenvalue weighted by atomic mass is 9.84. The summed E-state index contributed by atoms with van der Waals surface area (Å²) in [6.45, 7) is 6.63. The molecule has 0 aliphatic heterocycles. The summed E-state index contributed by atoms with van der Waals surface area (Å²) in [7, 11) is 0. The molecular formula is C22H21N. The molecular weight excluding hydrogens is 278 g/mol. The Balaban J connectivity index is 2.22. The zero-order valence-electron chi connectivity index (χ0n) is 13.9. The van der Waals surface area contributed by atoms with Crippen LogP contribution in [0.4, 0.5) is 5.69 Å². The highest BCUT2D eigenvalue weighted by molar-refractivity contribution is 5.90. The average molecular weight is 299 g/mol. The molecule has 114 valence electrons. The molecule has 0 bridgehead atoms. The smallest absolute Gasteiger partial charge is 0.0321 e. The van der Waals surface area contributed by atoms with E-state index in [0.29, 0.717) is 0 Å². The van der Waals surface area contributed by atoms with Gasteiger partial charge in [0, 0.05) is 11.3 Å². The molecule has 0 atom stereocenters. The van der Waals surface area contributed by atoms with Crippen LogP contribution in [0.5, 0.6) is 0 Å². The average Bonchev–Trinajstić information content (AvgIpc) is 2.52. The third-order valence-electron chi connectivity index (χ3n) is 4.22. The fourth-order valence-corrected chi connectivity index (χ4v) is 2.81. The predicted octanol–water partition coefficient (Wildman–Crippen LogP) is 5.37. The fourth-order valence-electron chi connectivity index (χ4n) is 2.81. The van der Waals surface area contributed by atoms with Crippen molar-refractivity contribution in [2.45, 2.75) is 26.2 Å². The Morgan fingerprint density at radius 3 is 2.30 bits per heavy atom. The molecule has 0 saturated heterocycles. The summed E-state index contributed by atoms with van der Waals surface area (Å²) in [6.07, 6.45) is 5.71. The van der Waals surface area contributed by atoms with Crippen LogP contribution in [-0.2, 0) is 5.41 Å². The maximum Gasteiger partial charge on any atom is 0.0321 e. The van der Waals surface area contributed by atoms with Gasteiger partial charge in [0.1, 0.15) is 0 Å². The summed E-state index contributed by atoms with van der Waals surface area (Å²) in [5.74, 6) is 2.81. The molecule has 0 saturated carbocycles. The molecule has 3 aromatic rings. The van der Waals surface area contributed by atoms with Crippen molar-refractivity contribution in [3.63, 3.8) is 0 Å². The zero-order valence-corrected chi connectivity index (χ0v) is 13.9. The zero-order chi connectivity index (χ0) is 16.6. The van der Waals surface area contributed by atoms with Crippen LogP contribution < -0.4 is 5.73 Å². The van der Waals surface area contributed by atoms with E-state index in [4.69, 9.17) is 12.2 Å². The van der Waals surface area contributed by atoms with Gasteiger partial charge in [0.25, 0.3) is 0 Å². The van der Waals surface area contributed by atoms with E-state index in [1.54, 1.807) is 0 Å². The molecule has 3 rings (SSSR count). The summed E-state index contributed by atoms with van der Waals surface area (Å²) in [5.41, 5.74) is 11.2. The lowest BCUT2D eigenvalue weighted by Gasteiger charge is -2.21. The Morgan fingerprint density at radius 2 is 1.61 bits per heavy atom. The van der Waals surface area contributed by atoms with Gasteiger partial charge in [-0.3, -0.25) is 0 Å². The summed E-state index contributed by atoms with van der Waals surface area (Å²) < 4.78 is 0. The van der Waals surface area contributed by atoms with Gasteiger partial charge >= 0.3 is 0 Å². The van der Waals surface area contributed by atoms with Gasteiger partial charge in [-0.2, -0.15) is 0 Å². The predicted molar refractivity (Wildman–Crippen MR) is 100 cm³/mol. The van der Waals surface area contributed by atoms with Crippen molar-refractivity contribution >= 4 is 16.5 Å². The van der Waals surface area contributed by atoms with E-state index in [2.05, 4.69) is 57.0 Å². The SMILES string of the molecule is C#Cc1ccc(C(C)(C)C)cc1-c1ccc2ccc(N)cc2c1. The topological polar surface area (TPSA) is 26.0 Å². The van der Waals surface area contributed by atoms with Crippen LogP contribution in [0, 0.1) is 12.3 Å². The Labute approximate surface area is 138 Å². The van der Waals surface area contributed by atoms with Gasteiger partial charge in [0.2, 0.25) is 0 Å². The molecule has 0 spiro atoms. The van der Waals surface area contributed by atoms with E-state index >= 15 is 0 Å². The Hall–Kier alpha value is -2.72. The number of benzene rings is 3. The molecule has 0 aliphatic rings. The lowest BCUT2D eigenvalue weighted by Crippen LogP contribution is -2.11. The molecule has 1 heteroatoms. The van der Waals surface area contributed by atoms with Gasteiger partial charge in [-0.1, -0.05) is 51.0 Å². The Kier molecular flexibility index (Phi) is 3.62. The minimum absolute atomic E-state index is 0.0865. The molecule has 0 aliphatic carbocycles. The molecule has 1 nitrogen and oxygen atoms in total. The van der Waals surface area contributed by atoms with E-state index < -0.39 is 0 Å². The van der Waals surface area contributed by atoms with Crippen molar-refractivity contribution in [2.24, 2.45) is 0 Å². The monoisotopic (exact) mass is 299 g/mol. The van der Waals surface area contributed by atoms with Crippen LogP contribution in [0.25, 0.3) is 21.9 Å². The minimum Gasteiger partial charge on any atom is -0.399 e. The second-order valence-corrected chi connectivity index (χ2v) is 6.98. The van der Waals surface area contributed by atoms with Crippen molar-refractivity contribution in [3.05, 3.63) is 65.7 Å². The number of nitrogen functional groups attached to an aromatic ring is 1. The van der Waals surface area contributed by atoms with Crippen LogP contribution in [0.2, 0.25) is 0 Å². The molecule has 0 heterocycles. The van der Waals surface area contributed by atoms with Gasteiger partial charge in [-0.05, 0) is 63.2 Å². The van der Waals surface area contributed by atoms with Crippen molar-refractivity contribution < 1.29 is 0 Å². The van der Waals surface area contributed by atoms with Gasteiger partial charge in [-0.25, -0.2) is 0 Å². The van der Waals surface area contributed by atoms with Crippen molar-refractivity contribution in [1.82, 2.24) is 0 Å². The highest BCUT2D eigenvalue weighted by Gasteiger charge is 2.16. The van der Waals surface area contributed by atoms with E-state index in [1.807, 2.05) is 24.3 Å². The second kappa shape index (κ2) is 5.48. The van der Waals surface area contributed by atoms with Crippen molar-refractivity contribution in [1.29, 1.82) is 0 Å². The number of anilines is 1. The molecule has 0 fully saturated rings. The molecule has 0 radical (unpaired) electrons. The first kappa shape index (κ1) is 15.2. The number of terminal acetylenes is 1. The van der Waals surface area contributed by atoms with Gasteiger partial charge < -0.3 is 5.73 Å². The summed E-state index contributed by atoms with van der Waals surface area (Å²) in [6, 6.07) is 18.8. The third-order valence-corrected chi connectivity index (χ3v) is 4.22. The molecule has 2 N–H and O–H groups in total. The number of rotatable bonds is 1. The first-order chi connectivity index (χ1) is 10.9. The van der Waals surface area contributed by atoms with E-state index in [-0.39, 0.29) is 5.41 Å². The molecule has 0 aromatic heterocycles. The lowest BCUT2D eigenvalue weighted by molar-refractivity contribution is 0.590. The number of nitrogens with two attached hydrogens (primary N) is 1. The van der Waals surface area contributed by atoms with E-state index in [1.165, 1.54) is 10.9 Å². The first-order valence-corrected chi connectivity index (χ1v) is 7.79. The van der Waals surface area contributed by atoms with Crippen molar-refractivity contribution in [2.75, 3.05) is 5.73 Å². The molecule has 0 amide bonds. The summed E-state index contributed by atoms with van der Waals surface area (Å²) in [5, 5.41) is 2.31. The number of fused-ring (bicyclic) bond motifs is 1. The fraction of sp³-hybridized carbons (Fsp3) is 0.182. The highest BCUT2D eigenvalue weighted by Crippen LogP contribution is 2.32. The van der Waals surface area contributed by atoms with Gasteiger partial charge in [-0.15, -0.1) is 6.42 Å². The van der Waals surface area contributed by atoms with Crippen LogP contribution in [0.3, 0.4) is 0 Å². The third kappa shape index (κ3) is 2.94. The molecule has 23 heavy (non-hydrogen) atoms. The minimum atomic E-state index is 0.0865. The van der Waals surface area contributed by atoms with Crippen molar-refractivity contribution in [3.8, 4) is 23.5 Å². The molecule has 3 aromatic carbocycles. The maximum absolute atomic E-state index is 5.92. The highest BCUT2D eigenvalue weighted by atomic mass is 14.5. The molecule has 0 unspecified atom stereocenters. The first-order valence-electron chi connectivity index (χ1n) is 7.79. The van der Waals surface area contributed by atoms with E-state index in [0.717, 1.165) is 27.8 Å². The van der Waals surface area contributed by atoms with Crippen LogP contribution in [-0.4, -0.2) is 0 Å². The Morgan fingerprint density at radius 1 is 0.870 bits per heavy atom. The van der Waals surface area contributed by atoms with E-state index in [9.17, 15) is 0 Å². The normalized spacial score (nSPS) is 11.4.